The van der Waals surface area contributed by atoms with Gasteiger partial charge in [0, 0.05) is 22.7 Å². The molecule has 0 atom stereocenters. The lowest BCUT2D eigenvalue weighted by atomic mass is 10.1. The van der Waals surface area contributed by atoms with E-state index in [1.165, 1.54) is 0 Å². The molecule has 0 radical (unpaired) electrons. The molecule has 142 valence electrons. The highest BCUT2D eigenvalue weighted by Gasteiger charge is 2.25. The maximum absolute atomic E-state index is 11.9. The molecule has 28 heavy (non-hydrogen) atoms. The summed E-state index contributed by atoms with van der Waals surface area (Å²) in [6.45, 7) is 0.609. The second kappa shape index (κ2) is 7.44. The van der Waals surface area contributed by atoms with Crippen molar-refractivity contribution in [1.82, 2.24) is 9.88 Å². The van der Waals surface area contributed by atoms with Crippen molar-refractivity contribution in [3.05, 3.63) is 64.7 Å². The van der Waals surface area contributed by atoms with Gasteiger partial charge >= 0.3 is 0 Å². The highest BCUT2D eigenvalue weighted by molar-refractivity contribution is 8.18. The summed E-state index contributed by atoms with van der Waals surface area (Å²) in [5.74, 6) is 1.21. The SMILES string of the molecule is COc1ccc(OC)c(Cn2ccc3c(/C=C4\SC(=O)NC4=O)cccc32)c1. The molecule has 0 bridgehead atoms. The van der Waals surface area contributed by atoms with Crippen LogP contribution in [0.3, 0.4) is 0 Å². The second-order valence-corrected chi connectivity index (χ2v) is 7.27. The number of methoxy groups -OCH3 is 2. The number of aromatic nitrogens is 1. The van der Waals surface area contributed by atoms with Gasteiger partial charge in [-0.1, -0.05) is 12.1 Å². The molecule has 1 aliphatic rings. The Balaban J connectivity index is 1.72. The monoisotopic (exact) mass is 394 g/mol. The smallest absolute Gasteiger partial charge is 0.290 e. The van der Waals surface area contributed by atoms with E-state index in [-0.39, 0.29) is 11.1 Å². The van der Waals surface area contributed by atoms with Crippen molar-refractivity contribution in [1.29, 1.82) is 0 Å². The Morgan fingerprint density at radius 1 is 1.11 bits per heavy atom. The maximum Gasteiger partial charge on any atom is 0.290 e. The second-order valence-electron chi connectivity index (χ2n) is 6.25. The molecule has 2 amide bonds. The van der Waals surface area contributed by atoms with Crippen LogP contribution in [0.4, 0.5) is 4.79 Å². The third-order valence-electron chi connectivity index (χ3n) is 4.60. The number of ether oxygens (including phenoxy) is 2. The zero-order valence-corrected chi connectivity index (χ0v) is 16.2. The van der Waals surface area contributed by atoms with Crippen LogP contribution in [0.1, 0.15) is 11.1 Å². The molecule has 3 aromatic rings. The van der Waals surface area contributed by atoms with Gasteiger partial charge in [0.15, 0.2) is 0 Å². The van der Waals surface area contributed by atoms with Crippen LogP contribution in [-0.4, -0.2) is 29.9 Å². The molecule has 1 aromatic heterocycles. The number of carbonyl (C=O) groups excluding carboxylic acids is 2. The molecule has 4 rings (SSSR count). The van der Waals surface area contributed by atoms with Crippen molar-refractivity contribution in [2.24, 2.45) is 0 Å². The number of rotatable bonds is 5. The van der Waals surface area contributed by atoms with Crippen LogP contribution >= 0.6 is 11.8 Å². The number of amides is 2. The van der Waals surface area contributed by atoms with Crippen molar-refractivity contribution in [2.75, 3.05) is 14.2 Å². The lowest BCUT2D eigenvalue weighted by Crippen LogP contribution is -2.17. The van der Waals surface area contributed by atoms with Crippen LogP contribution in [-0.2, 0) is 11.3 Å². The molecule has 0 saturated carbocycles. The van der Waals surface area contributed by atoms with Gasteiger partial charge < -0.3 is 14.0 Å². The Labute approximate surface area is 166 Å². The molecule has 1 N–H and O–H groups in total. The molecule has 2 aromatic carbocycles. The topological polar surface area (TPSA) is 69.6 Å². The van der Waals surface area contributed by atoms with E-state index < -0.39 is 0 Å². The molecule has 0 aliphatic carbocycles. The van der Waals surface area contributed by atoms with Gasteiger partial charge in [-0.25, -0.2) is 0 Å². The lowest BCUT2D eigenvalue weighted by Gasteiger charge is -2.12. The zero-order chi connectivity index (χ0) is 19.7. The van der Waals surface area contributed by atoms with Gasteiger partial charge in [-0.15, -0.1) is 0 Å². The van der Waals surface area contributed by atoms with E-state index in [9.17, 15) is 9.59 Å². The molecule has 0 unspecified atom stereocenters. The Bertz CT molecular complexity index is 1120. The predicted molar refractivity (Wildman–Crippen MR) is 110 cm³/mol. The Kier molecular flexibility index (Phi) is 4.83. The fraction of sp³-hybridized carbons (Fsp3) is 0.143. The van der Waals surface area contributed by atoms with Gasteiger partial charge in [0.05, 0.1) is 25.7 Å². The molecule has 7 heteroatoms. The van der Waals surface area contributed by atoms with E-state index >= 15 is 0 Å². The number of hydrogen-bond acceptors (Lipinski definition) is 5. The number of carbonyl (C=O) groups is 2. The average molecular weight is 394 g/mol. The Hall–Kier alpha value is -3.19. The first kappa shape index (κ1) is 18.2. The zero-order valence-electron chi connectivity index (χ0n) is 15.4. The molecule has 0 spiro atoms. The first-order valence-electron chi connectivity index (χ1n) is 8.62. The van der Waals surface area contributed by atoms with Gasteiger partial charge in [-0.3, -0.25) is 14.9 Å². The van der Waals surface area contributed by atoms with Crippen molar-refractivity contribution in [3.63, 3.8) is 0 Å². The minimum Gasteiger partial charge on any atom is -0.497 e. The number of nitrogens with one attached hydrogen (secondary N) is 1. The van der Waals surface area contributed by atoms with Crippen LogP contribution in [0.5, 0.6) is 11.5 Å². The Morgan fingerprint density at radius 3 is 2.68 bits per heavy atom. The maximum atomic E-state index is 11.9. The number of fused-ring (bicyclic) bond motifs is 1. The number of hydrogen-bond donors (Lipinski definition) is 1. The highest BCUT2D eigenvalue weighted by atomic mass is 32.2. The van der Waals surface area contributed by atoms with E-state index in [0.717, 1.165) is 45.3 Å². The van der Waals surface area contributed by atoms with Gasteiger partial charge in [-0.05, 0) is 53.7 Å². The van der Waals surface area contributed by atoms with E-state index in [1.54, 1.807) is 20.3 Å². The van der Waals surface area contributed by atoms with E-state index in [2.05, 4.69) is 9.88 Å². The van der Waals surface area contributed by atoms with Gasteiger partial charge in [-0.2, -0.15) is 0 Å². The third-order valence-corrected chi connectivity index (χ3v) is 5.41. The quantitative estimate of drug-likeness (QED) is 0.662. The van der Waals surface area contributed by atoms with E-state index in [1.807, 2.05) is 48.7 Å². The number of benzene rings is 2. The molecule has 1 fully saturated rings. The molecule has 2 heterocycles. The predicted octanol–water partition coefficient (Wildman–Crippen LogP) is 4.03. The first-order chi connectivity index (χ1) is 13.6. The van der Waals surface area contributed by atoms with Gasteiger partial charge in [0.2, 0.25) is 0 Å². The van der Waals surface area contributed by atoms with Gasteiger partial charge in [0.1, 0.15) is 11.5 Å². The van der Waals surface area contributed by atoms with Crippen LogP contribution in [0, 0.1) is 0 Å². The van der Waals surface area contributed by atoms with Crippen molar-refractivity contribution >= 4 is 39.9 Å². The minimum absolute atomic E-state index is 0.342. The summed E-state index contributed by atoms with van der Waals surface area (Å²) in [7, 11) is 3.29. The largest absolute Gasteiger partial charge is 0.497 e. The summed E-state index contributed by atoms with van der Waals surface area (Å²) in [5, 5.41) is 2.95. The summed E-state index contributed by atoms with van der Waals surface area (Å²) < 4.78 is 12.9. The third kappa shape index (κ3) is 3.36. The molecule has 1 aliphatic heterocycles. The fourth-order valence-electron chi connectivity index (χ4n) is 3.26. The van der Waals surface area contributed by atoms with E-state index in [0.29, 0.717) is 11.4 Å². The molecule has 6 nitrogen and oxygen atoms in total. The molecular formula is C21H18N2O4S. The Morgan fingerprint density at radius 2 is 1.96 bits per heavy atom. The summed E-state index contributed by atoms with van der Waals surface area (Å²) in [4.78, 5) is 23.7. The fourth-order valence-corrected chi connectivity index (χ4v) is 3.94. The van der Waals surface area contributed by atoms with Crippen LogP contribution in [0.2, 0.25) is 0 Å². The number of nitrogens with zero attached hydrogens (tertiary/aromatic N) is 1. The number of thioether (sulfide) groups is 1. The average Bonchev–Trinajstić information content (AvgIpc) is 3.25. The summed E-state index contributed by atoms with van der Waals surface area (Å²) >= 11 is 0.920. The van der Waals surface area contributed by atoms with Crippen molar-refractivity contribution in [2.45, 2.75) is 6.54 Å². The van der Waals surface area contributed by atoms with E-state index in [4.69, 9.17) is 9.47 Å². The summed E-state index contributed by atoms with van der Waals surface area (Å²) in [6, 6.07) is 13.6. The van der Waals surface area contributed by atoms with Crippen LogP contribution < -0.4 is 14.8 Å². The standard InChI is InChI=1S/C21H18N2O4S/c1-26-15-6-7-18(27-2)14(10-15)12-23-9-8-16-13(4-3-5-17(16)23)11-19-20(24)22-21(25)28-19/h3-11H,12H2,1-2H3,(H,22,24,25)/b19-11-. The van der Waals surface area contributed by atoms with Crippen molar-refractivity contribution < 1.29 is 19.1 Å². The van der Waals surface area contributed by atoms with Gasteiger partial charge in [0.25, 0.3) is 11.1 Å². The van der Waals surface area contributed by atoms with Crippen LogP contribution in [0.25, 0.3) is 17.0 Å². The summed E-state index contributed by atoms with van der Waals surface area (Å²) in [6.07, 6.45) is 3.75. The first-order valence-corrected chi connectivity index (χ1v) is 9.44. The minimum atomic E-state index is -0.354. The summed E-state index contributed by atoms with van der Waals surface area (Å²) in [5.41, 5.74) is 2.91. The number of imide groups is 1. The highest BCUT2D eigenvalue weighted by Crippen LogP contribution is 2.30. The van der Waals surface area contributed by atoms with Crippen LogP contribution in [0.15, 0.2) is 53.6 Å². The lowest BCUT2D eigenvalue weighted by molar-refractivity contribution is -0.115. The van der Waals surface area contributed by atoms with Crippen molar-refractivity contribution in [3.8, 4) is 11.5 Å². The molecule has 1 saturated heterocycles. The normalized spacial score (nSPS) is 15.3. The molecular weight excluding hydrogens is 376 g/mol.